The monoisotopic (exact) mass is 326 g/mol. The Labute approximate surface area is 134 Å². The van der Waals surface area contributed by atoms with E-state index in [1.165, 1.54) is 0 Å². The number of anilines is 1. The van der Waals surface area contributed by atoms with Gasteiger partial charge in [-0.05, 0) is 31.5 Å². The fourth-order valence-electron chi connectivity index (χ4n) is 1.95. The molecule has 2 N–H and O–H groups in total. The molecule has 1 amide bonds. The van der Waals surface area contributed by atoms with Crippen LogP contribution in [-0.4, -0.2) is 29.0 Å². The summed E-state index contributed by atoms with van der Waals surface area (Å²) < 4.78 is 1.68. The minimum Gasteiger partial charge on any atom is -0.324 e. The number of carbonyl (C=O) groups is 1. The van der Waals surface area contributed by atoms with Gasteiger partial charge in [-0.3, -0.25) is 9.48 Å². The number of thioether (sulfide) groups is 1. The molecular formula is C14H19ClN4OS. The van der Waals surface area contributed by atoms with E-state index in [0.29, 0.717) is 0 Å². The van der Waals surface area contributed by atoms with Crippen LogP contribution < -0.4 is 10.6 Å². The van der Waals surface area contributed by atoms with Crippen LogP contribution in [0.4, 0.5) is 5.69 Å². The molecular weight excluding hydrogens is 308 g/mol. The third-order valence-electron chi connectivity index (χ3n) is 2.95. The van der Waals surface area contributed by atoms with Crippen molar-refractivity contribution >= 4 is 35.8 Å². The number of benzene rings is 1. The predicted octanol–water partition coefficient (Wildman–Crippen LogP) is 2.46. The fourth-order valence-corrected chi connectivity index (χ4v) is 2.41. The van der Waals surface area contributed by atoms with Crippen molar-refractivity contribution in [1.29, 1.82) is 0 Å². The lowest BCUT2D eigenvalue weighted by Crippen LogP contribution is -2.30. The highest BCUT2D eigenvalue weighted by Crippen LogP contribution is 2.20. The van der Waals surface area contributed by atoms with E-state index in [4.69, 9.17) is 0 Å². The van der Waals surface area contributed by atoms with Gasteiger partial charge in [-0.15, -0.1) is 24.2 Å². The van der Waals surface area contributed by atoms with Crippen LogP contribution in [0.15, 0.2) is 41.6 Å². The summed E-state index contributed by atoms with van der Waals surface area (Å²) in [6.45, 7) is 0. The highest BCUT2D eigenvalue weighted by atomic mass is 35.5. The number of amides is 1. The van der Waals surface area contributed by atoms with E-state index >= 15 is 0 Å². The summed E-state index contributed by atoms with van der Waals surface area (Å²) >= 11 is 1.64. The third kappa shape index (κ3) is 4.49. The van der Waals surface area contributed by atoms with Crippen molar-refractivity contribution in [3.8, 4) is 0 Å². The van der Waals surface area contributed by atoms with Crippen molar-refractivity contribution in [1.82, 2.24) is 15.1 Å². The van der Waals surface area contributed by atoms with Gasteiger partial charge in [0.1, 0.15) is 6.04 Å². The second-order valence-corrected chi connectivity index (χ2v) is 5.27. The molecule has 0 spiro atoms. The summed E-state index contributed by atoms with van der Waals surface area (Å²) in [6.07, 6.45) is 5.53. The minimum absolute atomic E-state index is 0. The molecule has 0 aliphatic heterocycles. The molecule has 0 saturated heterocycles. The number of hydrogen-bond acceptors (Lipinski definition) is 4. The Kier molecular flexibility index (Phi) is 6.74. The quantitative estimate of drug-likeness (QED) is 0.829. The molecule has 2 rings (SSSR count). The molecule has 21 heavy (non-hydrogen) atoms. The van der Waals surface area contributed by atoms with E-state index < -0.39 is 6.04 Å². The van der Waals surface area contributed by atoms with Crippen LogP contribution in [0.25, 0.3) is 0 Å². The smallest absolute Gasteiger partial charge is 0.246 e. The van der Waals surface area contributed by atoms with Crippen LogP contribution in [0.5, 0.6) is 0 Å². The number of hydrogen-bond donors (Lipinski definition) is 2. The van der Waals surface area contributed by atoms with Crippen molar-refractivity contribution in [2.45, 2.75) is 10.9 Å². The van der Waals surface area contributed by atoms with E-state index in [1.807, 2.05) is 43.8 Å². The second-order valence-electron chi connectivity index (χ2n) is 4.39. The maximum Gasteiger partial charge on any atom is 0.246 e. The predicted molar refractivity (Wildman–Crippen MR) is 89.1 cm³/mol. The Bertz CT molecular complexity index is 602. The maximum absolute atomic E-state index is 12.3. The van der Waals surface area contributed by atoms with Crippen molar-refractivity contribution in [2.75, 3.05) is 18.6 Å². The van der Waals surface area contributed by atoms with Gasteiger partial charge in [-0.1, -0.05) is 6.07 Å². The van der Waals surface area contributed by atoms with Gasteiger partial charge in [0, 0.05) is 29.4 Å². The fraction of sp³-hybridized carbons (Fsp3) is 0.286. The summed E-state index contributed by atoms with van der Waals surface area (Å²) in [6, 6.07) is 7.37. The average molecular weight is 327 g/mol. The van der Waals surface area contributed by atoms with Gasteiger partial charge in [-0.25, -0.2) is 0 Å². The maximum atomic E-state index is 12.3. The lowest BCUT2D eigenvalue weighted by Gasteiger charge is -2.14. The number of halogens is 1. The van der Waals surface area contributed by atoms with E-state index in [9.17, 15) is 4.79 Å². The zero-order valence-corrected chi connectivity index (χ0v) is 13.8. The van der Waals surface area contributed by atoms with E-state index in [1.54, 1.807) is 29.7 Å². The number of aryl methyl sites for hydroxylation is 1. The normalized spacial score (nSPS) is 11.6. The zero-order chi connectivity index (χ0) is 14.5. The molecule has 1 aromatic heterocycles. The average Bonchev–Trinajstić information content (AvgIpc) is 2.86. The molecule has 0 fully saturated rings. The molecule has 1 aromatic carbocycles. The molecule has 0 aliphatic carbocycles. The van der Waals surface area contributed by atoms with Crippen molar-refractivity contribution in [3.05, 3.63) is 42.2 Å². The number of carbonyl (C=O) groups excluding carboxylic acids is 1. The van der Waals surface area contributed by atoms with Gasteiger partial charge >= 0.3 is 0 Å². The molecule has 114 valence electrons. The standard InChI is InChI=1S/C14H18N4OS.ClH/c1-15-13(10-8-16-18(2)9-10)14(19)17-11-5-4-6-12(7-11)20-3;/h4-9,13,15H,1-3H3,(H,17,19);1H. The Morgan fingerprint density at radius 3 is 2.76 bits per heavy atom. The van der Waals surface area contributed by atoms with Gasteiger partial charge in [-0.2, -0.15) is 5.10 Å². The van der Waals surface area contributed by atoms with Crippen molar-refractivity contribution in [3.63, 3.8) is 0 Å². The molecule has 7 heteroatoms. The van der Waals surface area contributed by atoms with E-state index in [-0.39, 0.29) is 18.3 Å². The van der Waals surface area contributed by atoms with E-state index in [0.717, 1.165) is 16.1 Å². The van der Waals surface area contributed by atoms with E-state index in [2.05, 4.69) is 15.7 Å². The molecule has 0 aliphatic rings. The first-order chi connectivity index (χ1) is 9.63. The number of rotatable bonds is 5. The minimum atomic E-state index is -0.415. The third-order valence-corrected chi connectivity index (χ3v) is 3.67. The molecule has 5 nitrogen and oxygen atoms in total. The Balaban J connectivity index is 0.00000220. The highest BCUT2D eigenvalue weighted by Gasteiger charge is 2.20. The summed E-state index contributed by atoms with van der Waals surface area (Å²) in [4.78, 5) is 13.5. The van der Waals surface area contributed by atoms with Crippen LogP contribution in [0.2, 0.25) is 0 Å². The van der Waals surface area contributed by atoms with Crippen LogP contribution in [-0.2, 0) is 11.8 Å². The van der Waals surface area contributed by atoms with Crippen LogP contribution in [0.3, 0.4) is 0 Å². The first kappa shape index (κ1) is 17.6. The zero-order valence-electron chi connectivity index (χ0n) is 12.2. The Hall–Kier alpha value is -1.50. The molecule has 1 unspecified atom stereocenters. The number of aromatic nitrogens is 2. The SMILES string of the molecule is CNC(C(=O)Nc1cccc(SC)c1)c1cnn(C)c1.Cl. The first-order valence-corrected chi connectivity index (χ1v) is 7.47. The highest BCUT2D eigenvalue weighted by molar-refractivity contribution is 7.98. The lowest BCUT2D eigenvalue weighted by atomic mass is 10.1. The van der Waals surface area contributed by atoms with Crippen molar-refractivity contribution < 1.29 is 4.79 Å². The van der Waals surface area contributed by atoms with Crippen LogP contribution in [0, 0.1) is 0 Å². The first-order valence-electron chi connectivity index (χ1n) is 6.24. The molecule has 1 heterocycles. The molecule has 2 aromatic rings. The van der Waals surface area contributed by atoms with Crippen LogP contribution in [0.1, 0.15) is 11.6 Å². The van der Waals surface area contributed by atoms with Crippen LogP contribution >= 0.6 is 24.2 Å². The summed E-state index contributed by atoms with van der Waals surface area (Å²) in [7, 11) is 3.59. The molecule has 1 atom stereocenters. The molecule has 0 radical (unpaired) electrons. The summed E-state index contributed by atoms with van der Waals surface area (Å²) in [5.74, 6) is -0.0984. The van der Waals surface area contributed by atoms with Gasteiger partial charge in [0.15, 0.2) is 0 Å². The van der Waals surface area contributed by atoms with Gasteiger partial charge in [0.25, 0.3) is 0 Å². The Morgan fingerprint density at radius 1 is 1.43 bits per heavy atom. The van der Waals surface area contributed by atoms with Crippen molar-refractivity contribution in [2.24, 2.45) is 7.05 Å². The number of nitrogens with zero attached hydrogens (tertiary/aromatic N) is 2. The Morgan fingerprint density at radius 2 is 2.19 bits per heavy atom. The number of nitrogens with one attached hydrogen (secondary N) is 2. The summed E-state index contributed by atoms with van der Waals surface area (Å²) in [5.41, 5.74) is 1.64. The summed E-state index contributed by atoms with van der Waals surface area (Å²) in [5, 5.41) is 10.0. The van der Waals surface area contributed by atoms with Gasteiger partial charge in [0.05, 0.1) is 6.20 Å². The second kappa shape index (κ2) is 8.07. The topological polar surface area (TPSA) is 59.0 Å². The molecule has 0 saturated carbocycles. The molecule has 0 bridgehead atoms. The number of likely N-dealkylation sites (N-methyl/N-ethyl adjacent to an activating group) is 1. The van der Waals surface area contributed by atoms with Gasteiger partial charge in [0.2, 0.25) is 5.91 Å². The lowest BCUT2D eigenvalue weighted by molar-refractivity contribution is -0.118. The largest absolute Gasteiger partial charge is 0.324 e. The van der Waals surface area contributed by atoms with Gasteiger partial charge < -0.3 is 10.6 Å².